The van der Waals surface area contributed by atoms with Crippen LogP contribution in [0.1, 0.15) is 12.5 Å². The molecule has 2 aromatic rings. The number of sulfonamides is 1. The molecule has 0 amide bonds. The van der Waals surface area contributed by atoms with E-state index in [1.807, 2.05) is 6.07 Å². The Bertz CT molecular complexity index is 641. The summed E-state index contributed by atoms with van der Waals surface area (Å²) in [4.78, 5) is 0.163. The molecule has 0 saturated carbocycles. The molecule has 102 valence electrons. The fourth-order valence-electron chi connectivity index (χ4n) is 1.73. The van der Waals surface area contributed by atoms with Crippen LogP contribution in [0.2, 0.25) is 5.02 Å². The van der Waals surface area contributed by atoms with Crippen LogP contribution in [-0.4, -0.2) is 29.5 Å². The fourth-order valence-corrected chi connectivity index (χ4v) is 3.29. The third kappa shape index (κ3) is 3.15. The summed E-state index contributed by atoms with van der Waals surface area (Å²) in [5.41, 5.74) is 0.849. The fraction of sp³-hybridized carbons (Fsp3) is 0.250. The molecule has 0 spiro atoms. The molecule has 1 heterocycles. The smallest absolute Gasteiger partial charge is 0.246 e. The van der Waals surface area contributed by atoms with Gasteiger partial charge in [0.2, 0.25) is 10.0 Å². The van der Waals surface area contributed by atoms with Crippen LogP contribution < -0.4 is 0 Å². The molecule has 0 aliphatic carbocycles. The molecular weight excluding hydrogens is 286 g/mol. The summed E-state index contributed by atoms with van der Waals surface area (Å²) in [7, 11) is -3.52. The Morgan fingerprint density at radius 3 is 2.79 bits per heavy atom. The Balaban J connectivity index is 2.26. The first kappa shape index (κ1) is 14.0. The van der Waals surface area contributed by atoms with Gasteiger partial charge in [-0.15, -0.1) is 0 Å². The Hall–Kier alpha value is -1.37. The van der Waals surface area contributed by atoms with Crippen molar-refractivity contribution in [3.8, 4) is 0 Å². The van der Waals surface area contributed by atoms with Crippen molar-refractivity contribution in [3.05, 3.63) is 47.2 Å². The van der Waals surface area contributed by atoms with Crippen LogP contribution in [0, 0.1) is 0 Å². The summed E-state index contributed by atoms with van der Waals surface area (Å²) in [6.45, 7) is 2.45. The predicted octanol–water partition coefficient (Wildman–Crippen LogP) is 2.27. The topological polar surface area (TPSA) is 66.1 Å². The summed E-state index contributed by atoms with van der Waals surface area (Å²) in [6, 6.07) is 7.16. The lowest BCUT2D eigenvalue weighted by Crippen LogP contribution is -2.30. The molecule has 1 N–H and O–H groups in total. The van der Waals surface area contributed by atoms with E-state index in [0.717, 1.165) is 5.56 Å². The first-order chi connectivity index (χ1) is 9.04. The number of H-pyrrole nitrogens is 1. The average Bonchev–Trinajstić information content (AvgIpc) is 2.90. The van der Waals surface area contributed by atoms with Crippen molar-refractivity contribution < 1.29 is 8.42 Å². The van der Waals surface area contributed by atoms with Gasteiger partial charge in [-0.1, -0.05) is 30.7 Å². The molecule has 1 aromatic carbocycles. The van der Waals surface area contributed by atoms with Crippen molar-refractivity contribution in [2.45, 2.75) is 18.4 Å². The van der Waals surface area contributed by atoms with E-state index in [-0.39, 0.29) is 11.4 Å². The van der Waals surface area contributed by atoms with Gasteiger partial charge in [0.05, 0.1) is 6.20 Å². The van der Waals surface area contributed by atoms with Gasteiger partial charge in [0.25, 0.3) is 0 Å². The first-order valence-electron chi connectivity index (χ1n) is 5.77. The van der Waals surface area contributed by atoms with Crippen LogP contribution in [0.5, 0.6) is 0 Å². The van der Waals surface area contributed by atoms with Crippen LogP contribution in [0.15, 0.2) is 41.6 Å². The molecule has 5 nitrogen and oxygen atoms in total. The largest absolute Gasteiger partial charge is 0.284 e. The lowest BCUT2D eigenvalue weighted by atomic mass is 10.2. The zero-order valence-corrected chi connectivity index (χ0v) is 11.9. The maximum absolute atomic E-state index is 12.3. The summed E-state index contributed by atoms with van der Waals surface area (Å²) in [5, 5.41) is 6.78. The van der Waals surface area contributed by atoms with Gasteiger partial charge in [0.15, 0.2) is 0 Å². The third-order valence-electron chi connectivity index (χ3n) is 2.71. The molecular formula is C12H14ClN3O2S. The van der Waals surface area contributed by atoms with Crippen LogP contribution in [0.25, 0.3) is 0 Å². The van der Waals surface area contributed by atoms with E-state index < -0.39 is 10.0 Å². The molecule has 0 aliphatic rings. The molecule has 0 radical (unpaired) electrons. The van der Waals surface area contributed by atoms with Gasteiger partial charge in [-0.3, -0.25) is 5.10 Å². The minimum Gasteiger partial charge on any atom is -0.284 e. The van der Waals surface area contributed by atoms with Gasteiger partial charge < -0.3 is 0 Å². The number of halogens is 1. The van der Waals surface area contributed by atoms with E-state index >= 15 is 0 Å². The van der Waals surface area contributed by atoms with Gasteiger partial charge in [-0.25, -0.2) is 8.42 Å². The zero-order chi connectivity index (χ0) is 13.9. The Kier molecular flexibility index (Phi) is 4.24. The number of benzene rings is 1. The molecule has 2 rings (SSSR count). The molecule has 19 heavy (non-hydrogen) atoms. The number of nitrogens with one attached hydrogen (secondary N) is 1. The van der Waals surface area contributed by atoms with Crippen LogP contribution in [0.4, 0.5) is 0 Å². The van der Waals surface area contributed by atoms with Gasteiger partial charge in [0.1, 0.15) is 4.90 Å². The molecule has 0 saturated heterocycles. The number of hydrogen-bond acceptors (Lipinski definition) is 3. The maximum Gasteiger partial charge on any atom is 0.246 e. The monoisotopic (exact) mass is 299 g/mol. The van der Waals surface area contributed by atoms with Crippen molar-refractivity contribution >= 4 is 21.6 Å². The Morgan fingerprint density at radius 2 is 2.21 bits per heavy atom. The molecule has 0 unspecified atom stereocenters. The van der Waals surface area contributed by atoms with E-state index in [0.29, 0.717) is 11.6 Å². The van der Waals surface area contributed by atoms with E-state index in [2.05, 4.69) is 10.2 Å². The lowest BCUT2D eigenvalue weighted by Gasteiger charge is -2.19. The van der Waals surface area contributed by atoms with Crippen molar-refractivity contribution in [1.82, 2.24) is 14.5 Å². The second-order valence-corrected chi connectivity index (χ2v) is 6.37. The van der Waals surface area contributed by atoms with E-state index in [1.54, 1.807) is 25.1 Å². The quantitative estimate of drug-likeness (QED) is 0.921. The Morgan fingerprint density at radius 1 is 1.42 bits per heavy atom. The number of hydrogen-bond donors (Lipinski definition) is 1. The predicted molar refractivity (Wildman–Crippen MR) is 73.3 cm³/mol. The third-order valence-corrected chi connectivity index (χ3v) is 4.83. The van der Waals surface area contributed by atoms with Crippen LogP contribution in [-0.2, 0) is 16.6 Å². The summed E-state index contributed by atoms with van der Waals surface area (Å²) in [5.74, 6) is 0. The van der Waals surface area contributed by atoms with Crippen molar-refractivity contribution in [1.29, 1.82) is 0 Å². The summed E-state index contributed by atoms with van der Waals surface area (Å²) >= 11 is 5.90. The maximum atomic E-state index is 12.3. The second-order valence-electron chi connectivity index (χ2n) is 4.00. The normalized spacial score (nSPS) is 11.9. The summed E-state index contributed by atoms with van der Waals surface area (Å²) in [6.07, 6.45) is 2.67. The van der Waals surface area contributed by atoms with Crippen molar-refractivity contribution in [2.24, 2.45) is 0 Å². The highest BCUT2D eigenvalue weighted by Crippen LogP contribution is 2.18. The Labute approximate surface area is 117 Å². The number of aromatic nitrogens is 2. The number of nitrogens with zero attached hydrogens (tertiary/aromatic N) is 2. The first-order valence-corrected chi connectivity index (χ1v) is 7.59. The minimum absolute atomic E-state index is 0.163. The second kappa shape index (κ2) is 5.73. The number of rotatable bonds is 5. The molecule has 0 fully saturated rings. The van der Waals surface area contributed by atoms with Crippen molar-refractivity contribution in [3.63, 3.8) is 0 Å². The molecule has 0 bridgehead atoms. The summed E-state index contributed by atoms with van der Waals surface area (Å²) < 4.78 is 26.1. The molecule has 7 heteroatoms. The van der Waals surface area contributed by atoms with Crippen molar-refractivity contribution in [2.75, 3.05) is 6.54 Å². The van der Waals surface area contributed by atoms with Crippen LogP contribution >= 0.6 is 11.6 Å². The van der Waals surface area contributed by atoms with E-state index in [9.17, 15) is 8.42 Å². The highest BCUT2D eigenvalue weighted by atomic mass is 35.5. The molecule has 1 aromatic heterocycles. The highest BCUT2D eigenvalue weighted by Gasteiger charge is 2.24. The molecule has 0 aliphatic heterocycles. The average molecular weight is 300 g/mol. The minimum atomic E-state index is -3.52. The van der Waals surface area contributed by atoms with Gasteiger partial charge >= 0.3 is 0 Å². The van der Waals surface area contributed by atoms with Gasteiger partial charge in [0, 0.05) is 24.3 Å². The SMILES string of the molecule is CCN(Cc1cccc(Cl)c1)S(=O)(=O)c1cn[nH]c1. The van der Waals surface area contributed by atoms with E-state index in [1.165, 1.54) is 16.7 Å². The number of aromatic amines is 1. The van der Waals surface area contributed by atoms with E-state index in [4.69, 9.17) is 11.6 Å². The van der Waals surface area contributed by atoms with Crippen LogP contribution in [0.3, 0.4) is 0 Å². The highest BCUT2D eigenvalue weighted by molar-refractivity contribution is 7.89. The van der Waals surface area contributed by atoms with Gasteiger partial charge in [-0.05, 0) is 17.7 Å². The van der Waals surface area contributed by atoms with Gasteiger partial charge in [-0.2, -0.15) is 9.40 Å². The lowest BCUT2D eigenvalue weighted by molar-refractivity contribution is 0.423. The zero-order valence-electron chi connectivity index (χ0n) is 10.4. The standard InChI is InChI=1S/C12H14ClN3O2S/c1-2-16(9-10-4-3-5-11(13)6-10)19(17,18)12-7-14-15-8-12/h3-8H,2,9H2,1H3,(H,14,15). The molecule has 0 atom stereocenters.